The number of rotatable bonds is 3. The zero-order valence-electron chi connectivity index (χ0n) is 11.2. The summed E-state index contributed by atoms with van der Waals surface area (Å²) >= 11 is 8.26. The van der Waals surface area contributed by atoms with E-state index in [9.17, 15) is 4.79 Å². The lowest BCUT2D eigenvalue weighted by Gasteiger charge is -2.21. The maximum absolute atomic E-state index is 12.4. The van der Waals surface area contributed by atoms with Crippen LogP contribution in [0.5, 0.6) is 0 Å². The quantitative estimate of drug-likeness (QED) is 0.733. The number of hydrogen-bond acceptors (Lipinski definition) is 3. The first-order valence-electron chi connectivity index (χ1n) is 6.75. The van der Waals surface area contributed by atoms with Crippen LogP contribution in [-0.4, -0.2) is 19.0 Å². The molecule has 0 radical (unpaired) electrons. The summed E-state index contributed by atoms with van der Waals surface area (Å²) in [5.74, 6) is -0.0713. The number of carbonyl (C=O) groups excluding carboxylic acids is 1. The average Bonchev–Trinajstić information content (AvgIpc) is 3.10. The molecule has 1 amide bonds. The second-order valence-electron chi connectivity index (χ2n) is 4.90. The SMILES string of the molecule is O=C(Nc1ccccc1N1CCCC1)c1cc(Br)c(Br)s1. The molecule has 0 bridgehead atoms. The number of nitrogens with one attached hydrogen (secondary N) is 1. The monoisotopic (exact) mass is 428 g/mol. The van der Waals surface area contributed by atoms with E-state index in [2.05, 4.69) is 48.1 Å². The van der Waals surface area contributed by atoms with Crippen molar-refractivity contribution in [1.82, 2.24) is 0 Å². The molecule has 1 fully saturated rings. The summed E-state index contributed by atoms with van der Waals surface area (Å²) in [6.45, 7) is 2.12. The lowest BCUT2D eigenvalue weighted by atomic mass is 10.2. The molecule has 21 heavy (non-hydrogen) atoms. The van der Waals surface area contributed by atoms with Crippen LogP contribution in [0, 0.1) is 0 Å². The van der Waals surface area contributed by atoms with E-state index >= 15 is 0 Å². The Bertz CT molecular complexity index is 646. The van der Waals surface area contributed by atoms with Gasteiger partial charge in [0, 0.05) is 17.6 Å². The molecule has 3 rings (SSSR count). The van der Waals surface area contributed by atoms with Crippen molar-refractivity contribution in [2.75, 3.05) is 23.3 Å². The zero-order valence-corrected chi connectivity index (χ0v) is 15.2. The van der Waals surface area contributed by atoms with Gasteiger partial charge in [-0.25, -0.2) is 0 Å². The van der Waals surface area contributed by atoms with Gasteiger partial charge in [0.25, 0.3) is 5.91 Å². The van der Waals surface area contributed by atoms with E-state index in [1.165, 1.54) is 24.2 Å². The van der Waals surface area contributed by atoms with Gasteiger partial charge in [0.1, 0.15) is 0 Å². The minimum atomic E-state index is -0.0713. The van der Waals surface area contributed by atoms with Crippen LogP contribution in [0.15, 0.2) is 38.6 Å². The molecule has 1 aromatic heterocycles. The van der Waals surface area contributed by atoms with Gasteiger partial charge in [-0.1, -0.05) is 12.1 Å². The zero-order chi connectivity index (χ0) is 14.8. The molecule has 0 aliphatic carbocycles. The van der Waals surface area contributed by atoms with Gasteiger partial charge in [0.2, 0.25) is 0 Å². The van der Waals surface area contributed by atoms with Gasteiger partial charge in [0.15, 0.2) is 0 Å². The first-order valence-corrected chi connectivity index (χ1v) is 9.15. The van der Waals surface area contributed by atoms with E-state index in [1.807, 2.05) is 24.3 Å². The highest BCUT2D eigenvalue weighted by molar-refractivity contribution is 9.13. The molecule has 0 spiro atoms. The van der Waals surface area contributed by atoms with E-state index in [0.717, 1.165) is 32.7 Å². The molecule has 0 unspecified atom stereocenters. The van der Waals surface area contributed by atoms with Crippen LogP contribution in [0.2, 0.25) is 0 Å². The summed E-state index contributed by atoms with van der Waals surface area (Å²) in [5.41, 5.74) is 1.99. The fraction of sp³-hybridized carbons (Fsp3) is 0.267. The van der Waals surface area contributed by atoms with Gasteiger partial charge in [-0.3, -0.25) is 4.79 Å². The number of halogens is 2. The van der Waals surface area contributed by atoms with Crippen LogP contribution in [0.3, 0.4) is 0 Å². The Kier molecular flexibility index (Phi) is 4.66. The Morgan fingerprint density at radius 3 is 2.57 bits per heavy atom. The van der Waals surface area contributed by atoms with E-state index < -0.39 is 0 Å². The number of hydrogen-bond donors (Lipinski definition) is 1. The summed E-state index contributed by atoms with van der Waals surface area (Å²) in [4.78, 5) is 15.4. The van der Waals surface area contributed by atoms with Crippen molar-refractivity contribution >= 4 is 60.5 Å². The molecule has 1 aromatic carbocycles. The van der Waals surface area contributed by atoms with E-state index in [-0.39, 0.29) is 5.91 Å². The summed E-state index contributed by atoms with van der Waals surface area (Å²) in [6.07, 6.45) is 2.43. The standard InChI is InChI=1S/C15H14Br2N2OS/c16-10-9-13(21-14(10)17)15(20)18-11-5-1-2-6-12(11)19-7-3-4-8-19/h1-2,5-6,9H,3-4,7-8H2,(H,18,20). The third kappa shape index (κ3) is 3.33. The highest BCUT2D eigenvalue weighted by Crippen LogP contribution is 2.34. The van der Waals surface area contributed by atoms with Crippen molar-refractivity contribution in [2.45, 2.75) is 12.8 Å². The second-order valence-corrected chi connectivity index (χ2v) is 8.12. The summed E-state index contributed by atoms with van der Waals surface area (Å²) in [6, 6.07) is 9.84. The minimum absolute atomic E-state index is 0.0713. The predicted octanol–water partition coefficient (Wildman–Crippen LogP) is 5.13. The topological polar surface area (TPSA) is 32.3 Å². The van der Waals surface area contributed by atoms with Gasteiger partial charge in [-0.15, -0.1) is 11.3 Å². The van der Waals surface area contributed by atoms with Crippen LogP contribution in [0.1, 0.15) is 22.5 Å². The fourth-order valence-corrected chi connectivity index (χ4v) is 4.39. The van der Waals surface area contributed by atoms with Crippen LogP contribution >= 0.6 is 43.2 Å². The van der Waals surface area contributed by atoms with E-state index in [1.54, 1.807) is 0 Å². The molecule has 6 heteroatoms. The van der Waals surface area contributed by atoms with Crippen LogP contribution in [-0.2, 0) is 0 Å². The largest absolute Gasteiger partial charge is 0.370 e. The molecule has 1 saturated heterocycles. The normalized spacial score (nSPS) is 14.5. The number of carbonyl (C=O) groups is 1. The third-order valence-electron chi connectivity index (χ3n) is 3.47. The molecular formula is C15H14Br2N2OS. The van der Waals surface area contributed by atoms with Crippen molar-refractivity contribution in [2.24, 2.45) is 0 Å². The second kappa shape index (κ2) is 6.50. The molecule has 1 aliphatic heterocycles. The Balaban J connectivity index is 1.82. The minimum Gasteiger partial charge on any atom is -0.370 e. The summed E-state index contributed by atoms with van der Waals surface area (Å²) in [5, 5.41) is 3.03. The number of thiophene rings is 1. The fourth-order valence-electron chi connectivity index (χ4n) is 2.46. The predicted molar refractivity (Wildman–Crippen MR) is 95.6 cm³/mol. The maximum atomic E-state index is 12.4. The van der Waals surface area contributed by atoms with Crippen LogP contribution in [0.25, 0.3) is 0 Å². The number of para-hydroxylation sites is 2. The van der Waals surface area contributed by atoms with Crippen molar-refractivity contribution in [1.29, 1.82) is 0 Å². The first-order chi connectivity index (χ1) is 10.1. The Labute approximate surface area is 144 Å². The molecule has 110 valence electrons. The highest BCUT2D eigenvalue weighted by Gasteiger charge is 2.18. The highest BCUT2D eigenvalue weighted by atomic mass is 79.9. The molecule has 1 N–H and O–H groups in total. The molecule has 2 aromatic rings. The van der Waals surface area contributed by atoms with Crippen LogP contribution < -0.4 is 10.2 Å². The molecule has 1 aliphatic rings. The summed E-state index contributed by atoms with van der Waals surface area (Å²) in [7, 11) is 0. The van der Waals surface area contributed by atoms with Crippen molar-refractivity contribution < 1.29 is 4.79 Å². The van der Waals surface area contributed by atoms with E-state index in [4.69, 9.17) is 0 Å². The van der Waals surface area contributed by atoms with Gasteiger partial charge in [-0.05, 0) is 62.9 Å². The third-order valence-corrected chi connectivity index (χ3v) is 6.72. The molecule has 0 atom stereocenters. The molecule has 0 saturated carbocycles. The smallest absolute Gasteiger partial charge is 0.265 e. The number of benzene rings is 1. The van der Waals surface area contributed by atoms with Gasteiger partial charge in [-0.2, -0.15) is 0 Å². The maximum Gasteiger partial charge on any atom is 0.265 e. The Morgan fingerprint density at radius 2 is 1.90 bits per heavy atom. The lowest BCUT2D eigenvalue weighted by Crippen LogP contribution is -2.20. The Hall–Kier alpha value is -0.850. The Morgan fingerprint density at radius 1 is 1.19 bits per heavy atom. The number of nitrogens with zero attached hydrogens (tertiary/aromatic N) is 1. The number of amides is 1. The first kappa shape index (κ1) is 15.1. The molecular weight excluding hydrogens is 416 g/mol. The van der Waals surface area contributed by atoms with Crippen molar-refractivity contribution in [3.05, 3.63) is 43.5 Å². The van der Waals surface area contributed by atoms with Gasteiger partial charge < -0.3 is 10.2 Å². The van der Waals surface area contributed by atoms with Crippen molar-refractivity contribution in [3.63, 3.8) is 0 Å². The molecule has 2 heterocycles. The van der Waals surface area contributed by atoms with Crippen molar-refractivity contribution in [3.8, 4) is 0 Å². The van der Waals surface area contributed by atoms with Gasteiger partial charge >= 0.3 is 0 Å². The lowest BCUT2D eigenvalue weighted by molar-refractivity contribution is 0.103. The number of anilines is 2. The van der Waals surface area contributed by atoms with Gasteiger partial charge in [0.05, 0.1) is 20.0 Å². The van der Waals surface area contributed by atoms with Crippen LogP contribution in [0.4, 0.5) is 11.4 Å². The summed E-state index contributed by atoms with van der Waals surface area (Å²) < 4.78 is 1.84. The average molecular weight is 430 g/mol. The molecule has 3 nitrogen and oxygen atoms in total. The van der Waals surface area contributed by atoms with E-state index in [0.29, 0.717) is 4.88 Å².